The summed E-state index contributed by atoms with van der Waals surface area (Å²) in [7, 11) is -3.91. The zero-order valence-corrected chi connectivity index (χ0v) is 16.4. The first kappa shape index (κ1) is 20.3. The van der Waals surface area contributed by atoms with Gasteiger partial charge in [0.2, 0.25) is 10.0 Å². The van der Waals surface area contributed by atoms with Gasteiger partial charge in [-0.2, -0.15) is 5.26 Å². The Hall–Kier alpha value is -3.47. The van der Waals surface area contributed by atoms with Crippen LogP contribution in [-0.4, -0.2) is 14.4 Å². The van der Waals surface area contributed by atoms with Crippen LogP contribution in [-0.2, 0) is 21.4 Å². The predicted octanol–water partition coefficient (Wildman–Crippen LogP) is 3.54. The molecule has 0 aliphatic rings. The Morgan fingerprint density at radius 2 is 1.76 bits per heavy atom. The molecule has 0 bridgehead atoms. The van der Waals surface area contributed by atoms with Crippen molar-refractivity contribution in [2.24, 2.45) is 5.14 Å². The third-order valence-corrected chi connectivity index (χ3v) is 5.35. The number of nitrogens with zero attached hydrogens (tertiary/aromatic N) is 1. The van der Waals surface area contributed by atoms with Gasteiger partial charge in [-0.15, -0.1) is 0 Å². The summed E-state index contributed by atoms with van der Waals surface area (Å²) in [4.78, 5) is 12.3. The van der Waals surface area contributed by atoms with Gasteiger partial charge in [0.25, 0.3) is 0 Å². The number of sulfonamides is 1. The number of rotatable bonds is 5. The SMILES string of the molecule is Cc1ccc(S(N)(=O)=O)cc1C(=O)OCc1ccc(-c2ccccc2C#N)cc1. The van der Waals surface area contributed by atoms with Crippen LogP contribution in [0.2, 0.25) is 0 Å². The lowest BCUT2D eigenvalue weighted by molar-refractivity contribution is 0.0471. The maximum atomic E-state index is 12.4. The lowest BCUT2D eigenvalue weighted by Crippen LogP contribution is -2.14. The molecule has 0 saturated heterocycles. The Morgan fingerprint density at radius 1 is 1.07 bits per heavy atom. The Kier molecular flexibility index (Phi) is 5.78. The number of hydrogen-bond donors (Lipinski definition) is 1. The lowest BCUT2D eigenvalue weighted by Gasteiger charge is -2.10. The molecule has 0 atom stereocenters. The minimum atomic E-state index is -3.91. The van der Waals surface area contributed by atoms with Gasteiger partial charge in [0.05, 0.1) is 22.1 Å². The van der Waals surface area contributed by atoms with Crippen molar-refractivity contribution in [2.75, 3.05) is 0 Å². The average Bonchev–Trinajstić information content (AvgIpc) is 2.72. The number of benzene rings is 3. The molecule has 7 heteroatoms. The maximum absolute atomic E-state index is 12.4. The van der Waals surface area contributed by atoms with Crippen LogP contribution in [0.5, 0.6) is 0 Å². The zero-order valence-electron chi connectivity index (χ0n) is 15.6. The molecule has 29 heavy (non-hydrogen) atoms. The number of hydrogen-bond acceptors (Lipinski definition) is 5. The van der Waals surface area contributed by atoms with E-state index < -0.39 is 16.0 Å². The normalized spacial score (nSPS) is 10.9. The molecule has 6 nitrogen and oxygen atoms in total. The third-order valence-electron chi connectivity index (χ3n) is 4.44. The van der Waals surface area contributed by atoms with Crippen molar-refractivity contribution < 1.29 is 17.9 Å². The number of ether oxygens (including phenoxy) is 1. The van der Waals surface area contributed by atoms with Crippen LogP contribution in [0, 0.1) is 18.3 Å². The molecule has 2 N–H and O–H groups in total. The maximum Gasteiger partial charge on any atom is 0.338 e. The Morgan fingerprint density at radius 3 is 2.41 bits per heavy atom. The van der Waals surface area contributed by atoms with Crippen molar-refractivity contribution in [1.82, 2.24) is 0 Å². The minimum Gasteiger partial charge on any atom is -0.457 e. The highest BCUT2D eigenvalue weighted by atomic mass is 32.2. The van der Waals surface area contributed by atoms with Gasteiger partial charge >= 0.3 is 5.97 Å². The van der Waals surface area contributed by atoms with Crippen molar-refractivity contribution in [3.8, 4) is 17.2 Å². The molecule has 3 aromatic rings. The van der Waals surface area contributed by atoms with E-state index in [2.05, 4.69) is 6.07 Å². The largest absolute Gasteiger partial charge is 0.457 e. The van der Waals surface area contributed by atoms with E-state index in [-0.39, 0.29) is 17.1 Å². The summed E-state index contributed by atoms with van der Waals surface area (Å²) in [6.07, 6.45) is 0. The van der Waals surface area contributed by atoms with Crippen LogP contribution < -0.4 is 5.14 Å². The number of nitriles is 1. The fourth-order valence-electron chi connectivity index (χ4n) is 2.84. The fraction of sp³-hybridized carbons (Fsp3) is 0.0909. The average molecular weight is 406 g/mol. The number of primary sulfonamides is 1. The van der Waals surface area contributed by atoms with Crippen LogP contribution >= 0.6 is 0 Å². The standard InChI is InChI=1S/C22H18N2O4S/c1-15-6-11-19(29(24,26)27)12-21(15)22(25)28-14-16-7-9-17(10-8-16)20-5-3-2-4-18(20)13-23/h2-12H,14H2,1H3,(H2,24,26,27). The van der Waals surface area contributed by atoms with Gasteiger partial charge in [0.1, 0.15) is 6.61 Å². The molecule has 3 rings (SSSR count). The number of nitrogens with two attached hydrogens (primary N) is 1. The predicted molar refractivity (Wildman–Crippen MR) is 108 cm³/mol. The van der Waals surface area contributed by atoms with E-state index in [0.717, 1.165) is 16.7 Å². The molecule has 0 spiro atoms. The summed E-state index contributed by atoms with van der Waals surface area (Å²) in [5, 5.41) is 14.4. The summed E-state index contributed by atoms with van der Waals surface area (Å²) in [6.45, 7) is 1.71. The summed E-state index contributed by atoms with van der Waals surface area (Å²) >= 11 is 0. The van der Waals surface area contributed by atoms with Crippen LogP contribution in [0.1, 0.15) is 27.0 Å². The van der Waals surface area contributed by atoms with E-state index in [4.69, 9.17) is 9.88 Å². The number of carbonyl (C=O) groups is 1. The van der Waals surface area contributed by atoms with Crippen LogP contribution in [0.4, 0.5) is 0 Å². The number of carbonyl (C=O) groups excluding carboxylic acids is 1. The summed E-state index contributed by atoms with van der Waals surface area (Å²) in [5.74, 6) is -0.632. The van der Waals surface area contributed by atoms with Crippen molar-refractivity contribution in [3.05, 3.63) is 89.0 Å². The summed E-state index contributed by atoms with van der Waals surface area (Å²) in [5.41, 5.74) is 3.79. The highest BCUT2D eigenvalue weighted by molar-refractivity contribution is 7.89. The highest BCUT2D eigenvalue weighted by Gasteiger charge is 2.16. The molecule has 0 aliphatic heterocycles. The Balaban J connectivity index is 1.74. The zero-order chi connectivity index (χ0) is 21.0. The van der Waals surface area contributed by atoms with E-state index >= 15 is 0 Å². The van der Waals surface area contributed by atoms with E-state index in [0.29, 0.717) is 11.1 Å². The molecule has 0 heterocycles. The van der Waals surface area contributed by atoms with Crippen molar-refractivity contribution in [2.45, 2.75) is 18.4 Å². The number of esters is 1. The molecule has 0 saturated carbocycles. The summed E-state index contributed by atoms with van der Waals surface area (Å²) in [6, 6.07) is 20.9. The van der Waals surface area contributed by atoms with Gasteiger partial charge in [-0.05, 0) is 47.4 Å². The van der Waals surface area contributed by atoms with E-state index in [1.54, 1.807) is 13.0 Å². The molecule has 0 amide bonds. The molecular weight excluding hydrogens is 388 g/mol. The van der Waals surface area contributed by atoms with Crippen molar-refractivity contribution in [1.29, 1.82) is 5.26 Å². The van der Waals surface area contributed by atoms with Crippen LogP contribution in [0.15, 0.2) is 71.6 Å². The van der Waals surface area contributed by atoms with E-state index in [1.807, 2.05) is 42.5 Å². The van der Waals surface area contributed by atoms with Crippen molar-refractivity contribution >= 4 is 16.0 Å². The van der Waals surface area contributed by atoms with Gasteiger partial charge in [-0.3, -0.25) is 0 Å². The van der Waals surface area contributed by atoms with Gasteiger partial charge in [-0.25, -0.2) is 18.4 Å². The second-order valence-electron chi connectivity index (χ2n) is 6.45. The summed E-state index contributed by atoms with van der Waals surface area (Å²) < 4.78 is 28.3. The first-order valence-electron chi connectivity index (χ1n) is 8.68. The first-order chi connectivity index (χ1) is 13.8. The van der Waals surface area contributed by atoms with E-state index in [1.165, 1.54) is 18.2 Å². The van der Waals surface area contributed by atoms with Gasteiger partial charge in [0.15, 0.2) is 0 Å². The van der Waals surface area contributed by atoms with Crippen LogP contribution in [0.3, 0.4) is 0 Å². The van der Waals surface area contributed by atoms with Gasteiger partial charge in [-0.1, -0.05) is 48.5 Å². The van der Waals surface area contributed by atoms with E-state index in [9.17, 15) is 18.5 Å². The number of aryl methyl sites for hydroxylation is 1. The highest BCUT2D eigenvalue weighted by Crippen LogP contribution is 2.24. The molecule has 0 aliphatic carbocycles. The van der Waals surface area contributed by atoms with Gasteiger partial charge < -0.3 is 4.74 Å². The van der Waals surface area contributed by atoms with Crippen LogP contribution in [0.25, 0.3) is 11.1 Å². The second-order valence-corrected chi connectivity index (χ2v) is 8.01. The Labute approximate surface area is 169 Å². The molecule has 0 unspecified atom stereocenters. The van der Waals surface area contributed by atoms with Crippen molar-refractivity contribution in [3.63, 3.8) is 0 Å². The molecule has 3 aromatic carbocycles. The molecule has 0 aromatic heterocycles. The Bertz CT molecular complexity index is 1210. The topological polar surface area (TPSA) is 110 Å². The van der Waals surface area contributed by atoms with Gasteiger partial charge in [0, 0.05) is 0 Å². The first-order valence-corrected chi connectivity index (χ1v) is 10.2. The molecule has 0 fully saturated rings. The molecule has 146 valence electrons. The smallest absolute Gasteiger partial charge is 0.338 e. The second kappa shape index (κ2) is 8.27. The third kappa shape index (κ3) is 4.69. The quantitative estimate of drug-likeness (QED) is 0.652. The molecule has 0 radical (unpaired) electrons. The lowest BCUT2D eigenvalue weighted by atomic mass is 9.99. The molecular formula is C22H18N2O4S. The minimum absolute atomic E-state index is 0.0258. The fourth-order valence-corrected chi connectivity index (χ4v) is 3.38. The monoisotopic (exact) mass is 406 g/mol.